The molecule has 0 bridgehead atoms. The molecule has 0 fully saturated rings. The van der Waals surface area contributed by atoms with Gasteiger partial charge in [0.15, 0.2) is 0 Å². The van der Waals surface area contributed by atoms with Crippen molar-refractivity contribution in [1.29, 1.82) is 0 Å². The van der Waals surface area contributed by atoms with Gasteiger partial charge in [-0.2, -0.15) is 0 Å². The molecule has 0 rings (SSSR count). The number of rotatable bonds is 17. The molecule has 33 heavy (non-hydrogen) atoms. The van der Waals surface area contributed by atoms with Crippen LogP contribution in [0.3, 0.4) is 0 Å². The van der Waals surface area contributed by atoms with Crippen LogP contribution in [0.2, 0.25) is 0 Å². The van der Waals surface area contributed by atoms with Crippen LogP contribution in [0.15, 0.2) is 0 Å². The van der Waals surface area contributed by atoms with Crippen LogP contribution in [0.5, 0.6) is 0 Å². The third kappa shape index (κ3) is 16.2. The van der Waals surface area contributed by atoms with E-state index in [1.165, 1.54) is 0 Å². The van der Waals surface area contributed by atoms with Crippen molar-refractivity contribution in [1.82, 2.24) is 0 Å². The number of hydrogen-bond donors (Lipinski definition) is 1. The normalized spacial score (nSPS) is 13.0. The first-order chi connectivity index (χ1) is 15.5. The van der Waals surface area contributed by atoms with Gasteiger partial charge >= 0.3 is 23.9 Å². The van der Waals surface area contributed by atoms with E-state index in [1.807, 2.05) is 34.6 Å². The van der Waals surface area contributed by atoms with E-state index in [0.29, 0.717) is 19.3 Å². The highest BCUT2D eigenvalue weighted by Crippen LogP contribution is 2.24. The Bertz CT molecular complexity index is 590. The summed E-state index contributed by atoms with van der Waals surface area (Å²) in [5, 5.41) is 0. The number of carbonyl (C=O) groups is 4. The minimum atomic E-state index is -1.22. The summed E-state index contributed by atoms with van der Waals surface area (Å²) >= 11 is 0. The fraction of sp³-hybridized carbons (Fsp3) is 0.833. The van der Waals surface area contributed by atoms with Crippen molar-refractivity contribution in [3.63, 3.8) is 0 Å². The molecule has 0 aromatic rings. The fourth-order valence-electron chi connectivity index (χ4n) is 2.59. The van der Waals surface area contributed by atoms with Crippen LogP contribution in [0.4, 0.5) is 0 Å². The number of nitrogens with two attached hydrogens (primary N) is 1. The molecule has 192 valence electrons. The van der Waals surface area contributed by atoms with E-state index in [0.717, 1.165) is 6.42 Å². The third-order valence-electron chi connectivity index (χ3n) is 4.77. The molecule has 0 aromatic carbocycles. The van der Waals surface area contributed by atoms with Crippen molar-refractivity contribution >= 4 is 23.9 Å². The van der Waals surface area contributed by atoms with E-state index < -0.39 is 29.3 Å². The lowest BCUT2D eigenvalue weighted by Gasteiger charge is -2.31. The molecule has 9 heteroatoms. The number of ether oxygens (including phenoxy) is 4. The lowest BCUT2D eigenvalue weighted by atomic mass is 9.90. The smallest absolute Gasteiger partial charge is 0.307 e. The Morgan fingerprint density at radius 3 is 1.45 bits per heavy atom. The van der Waals surface area contributed by atoms with Crippen molar-refractivity contribution in [2.45, 2.75) is 86.0 Å². The molecule has 0 heterocycles. The van der Waals surface area contributed by atoms with Crippen LogP contribution in [-0.4, -0.2) is 56.8 Å². The average Bonchev–Trinajstić information content (AvgIpc) is 2.75. The summed E-state index contributed by atoms with van der Waals surface area (Å²) in [5.74, 6) is -1.84. The molecule has 2 N–H and O–H groups in total. The highest BCUT2D eigenvalue weighted by Gasteiger charge is 2.38. The predicted octanol–water partition coefficient (Wildman–Crippen LogP) is 3.31. The monoisotopic (exact) mass is 473 g/mol. The number of esters is 4. The minimum Gasteiger partial charge on any atom is -0.465 e. The van der Waals surface area contributed by atoms with Crippen LogP contribution in [-0.2, 0) is 38.1 Å². The molecular formula is C24H43NO8. The van der Waals surface area contributed by atoms with Gasteiger partial charge in [0.25, 0.3) is 0 Å². The molecule has 0 aliphatic heterocycles. The Morgan fingerprint density at radius 1 is 0.636 bits per heavy atom. The second kappa shape index (κ2) is 16.5. The predicted molar refractivity (Wildman–Crippen MR) is 123 cm³/mol. The summed E-state index contributed by atoms with van der Waals surface area (Å²) in [4.78, 5) is 48.4. The maximum Gasteiger partial charge on any atom is 0.307 e. The van der Waals surface area contributed by atoms with Gasteiger partial charge in [0.2, 0.25) is 0 Å². The molecule has 0 aromatic heterocycles. The highest BCUT2D eigenvalue weighted by atomic mass is 16.6. The molecule has 0 aliphatic rings. The first-order valence-corrected chi connectivity index (χ1v) is 11.8. The van der Waals surface area contributed by atoms with Crippen LogP contribution >= 0.6 is 0 Å². The first-order valence-electron chi connectivity index (χ1n) is 11.8. The highest BCUT2D eigenvalue weighted by molar-refractivity contribution is 5.71. The summed E-state index contributed by atoms with van der Waals surface area (Å²) < 4.78 is 21.5. The lowest BCUT2D eigenvalue weighted by Crippen LogP contribution is -2.44. The summed E-state index contributed by atoms with van der Waals surface area (Å²) in [7, 11) is 0. The van der Waals surface area contributed by atoms with E-state index in [1.54, 1.807) is 0 Å². The molecule has 1 unspecified atom stereocenters. The van der Waals surface area contributed by atoms with Crippen LogP contribution in [0.25, 0.3) is 0 Å². The Kier molecular flexibility index (Phi) is 15.4. The molecular weight excluding hydrogens is 430 g/mol. The quantitative estimate of drug-likeness (QED) is 0.249. The molecule has 0 spiro atoms. The van der Waals surface area contributed by atoms with Gasteiger partial charge in [-0.25, -0.2) is 0 Å². The molecule has 9 nitrogen and oxygen atoms in total. The zero-order chi connectivity index (χ0) is 25.3. The largest absolute Gasteiger partial charge is 0.465 e. The molecule has 0 radical (unpaired) electrons. The molecule has 1 atom stereocenters. The lowest BCUT2D eigenvalue weighted by molar-refractivity contribution is -0.170. The Balaban J connectivity index is 5.46. The second-order valence-electron chi connectivity index (χ2n) is 9.60. The Hall–Kier alpha value is -2.16. The van der Waals surface area contributed by atoms with Gasteiger partial charge in [-0.05, 0) is 24.7 Å². The van der Waals surface area contributed by atoms with Gasteiger partial charge in [-0.15, -0.1) is 0 Å². The zero-order valence-corrected chi connectivity index (χ0v) is 21.0. The number of unbranched alkanes of at least 4 members (excludes halogenated alkanes) is 1. The van der Waals surface area contributed by atoms with Crippen LogP contribution in [0.1, 0.15) is 86.0 Å². The molecule has 0 aliphatic carbocycles. The Morgan fingerprint density at radius 2 is 1.06 bits per heavy atom. The maximum atomic E-state index is 12.3. The second-order valence-corrected chi connectivity index (χ2v) is 9.60. The van der Waals surface area contributed by atoms with E-state index >= 15 is 0 Å². The summed E-state index contributed by atoms with van der Waals surface area (Å²) in [6, 6.07) is 0. The van der Waals surface area contributed by atoms with Crippen molar-refractivity contribution in [2.75, 3.05) is 33.0 Å². The average molecular weight is 474 g/mol. The van der Waals surface area contributed by atoms with Gasteiger partial charge in [0.1, 0.15) is 31.8 Å². The van der Waals surface area contributed by atoms with Gasteiger partial charge in [-0.3, -0.25) is 19.2 Å². The van der Waals surface area contributed by atoms with Crippen molar-refractivity contribution in [3.05, 3.63) is 0 Å². The van der Waals surface area contributed by atoms with Gasteiger partial charge in [0, 0.05) is 25.8 Å². The van der Waals surface area contributed by atoms with Gasteiger partial charge in [-0.1, -0.05) is 41.0 Å². The summed E-state index contributed by atoms with van der Waals surface area (Å²) in [5.41, 5.74) is 4.14. The van der Waals surface area contributed by atoms with Crippen molar-refractivity contribution in [2.24, 2.45) is 16.6 Å². The third-order valence-corrected chi connectivity index (χ3v) is 4.77. The van der Waals surface area contributed by atoms with Crippen molar-refractivity contribution < 1.29 is 38.1 Å². The number of hydrogen-bond acceptors (Lipinski definition) is 9. The minimum absolute atomic E-state index is 0.00730. The zero-order valence-electron chi connectivity index (χ0n) is 21.0. The first kappa shape index (κ1) is 30.8. The fourth-order valence-corrected chi connectivity index (χ4v) is 2.59. The SMILES string of the molecule is CCCCC(=O)OCC(COC(=O)CCC)(COC(=O)CCN)COC(=O)CCC(C)(C)C. The van der Waals surface area contributed by atoms with Crippen LogP contribution in [0, 0.1) is 10.8 Å². The standard InChI is InChI=1S/C24H43NO8/c1-6-8-10-20(27)31-16-24(15-30-19(26)9-7-2,18-33-22(29)12-14-25)17-32-21(28)11-13-23(3,4)5/h6-18,25H2,1-5H3. The number of carbonyl (C=O) groups excluding carboxylic acids is 4. The van der Waals surface area contributed by atoms with Gasteiger partial charge in [0.05, 0.1) is 6.42 Å². The van der Waals surface area contributed by atoms with E-state index in [4.69, 9.17) is 24.7 Å². The molecule has 0 saturated heterocycles. The maximum absolute atomic E-state index is 12.3. The molecule has 0 saturated carbocycles. The van der Waals surface area contributed by atoms with Crippen LogP contribution < -0.4 is 5.73 Å². The topological polar surface area (TPSA) is 131 Å². The summed E-state index contributed by atoms with van der Waals surface area (Å²) in [6.07, 6.45) is 3.39. The van der Waals surface area contributed by atoms with Gasteiger partial charge < -0.3 is 24.7 Å². The van der Waals surface area contributed by atoms with E-state index in [2.05, 4.69) is 0 Å². The van der Waals surface area contributed by atoms with Crippen molar-refractivity contribution in [3.8, 4) is 0 Å². The van der Waals surface area contributed by atoms with E-state index in [9.17, 15) is 19.2 Å². The Labute approximate surface area is 198 Å². The molecule has 0 amide bonds. The summed E-state index contributed by atoms with van der Waals surface area (Å²) in [6.45, 7) is 9.04. The van der Waals surface area contributed by atoms with E-state index in [-0.39, 0.29) is 64.1 Å².